The summed E-state index contributed by atoms with van der Waals surface area (Å²) in [5.41, 5.74) is 10.0. The van der Waals surface area contributed by atoms with Gasteiger partial charge in [0.25, 0.3) is 0 Å². The smallest absolute Gasteiger partial charge is 0.152 e. The van der Waals surface area contributed by atoms with E-state index >= 15 is 0 Å². The Morgan fingerprint density at radius 2 is 1.83 bits per heavy atom. The van der Waals surface area contributed by atoms with Gasteiger partial charge in [0.15, 0.2) is 5.82 Å². The first-order chi connectivity index (χ1) is 16.6. The second-order valence-electron chi connectivity index (χ2n) is 9.45. The molecule has 9 heteroatoms. The van der Waals surface area contributed by atoms with E-state index in [1.54, 1.807) is 0 Å². The first-order valence-electron chi connectivity index (χ1n) is 11.5. The maximum atomic E-state index is 11.6. The maximum Gasteiger partial charge on any atom is 0.152 e. The third kappa shape index (κ3) is 5.26. The van der Waals surface area contributed by atoms with Gasteiger partial charge >= 0.3 is 0 Å². The average molecular weight is 539 g/mol. The van der Waals surface area contributed by atoms with Crippen molar-refractivity contribution in [2.24, 2.45) is 0 Å². The van der Waals surface area contributed by atoms with Gasteiger partial charge in [-0.05, 0) is 57.0 Å². The first-order valence-corrected chi connectivity index (χ1v) is 12.3. The van der Waals surface area contributed by atoms with Crippen molar-refractivity contribution in [3.63, 3.8) is 0 Å². The Hall–Kier alpha value is -3.17. The number of nitrogens with two attached hydrogens (primary N) is 1. The summed E-state index contributed by atoms with van der Waals surface area (Å²) in [4.78, 5) is 22.3. The topological polar surface area (TPSA) is 109 Å². The van der Waals surface area contributed by atoms with Crippen LogP contribution in [0.2, 0.25) is 0 Å². The van der Waals surface area contributed by atoms with Gasteiger partial charge in [0, 0.05) is 35.1 Å². The van der Waals surface area contributed by atoms with Gasteiger partial charge in [0.2, 0.25) is 0 Å². The first kappa shape index (κ1) is 24.9. The summed E-state index contributed by atoms with van der Waals surface area (Å²) in [5.74, 6) is 1.15. The normalized spacial score (nSPS) is 11.9. The Morgan fingerprint density at radius 3 is 2.46 bits per heavy atom. The highest BCUT2D eigenvalue weighted by Gasteiger charge is 2.22. The van der Waals surface area contributed by atoms with Crippen LogP contribution in [0.1, 0.15) is 44.6 Å². The van der Waals surface area contributed by atoms with Gasteiger partial charge in [-0.1, -0.05) is 40.2 Å². The SMILES string of the molecule is CCOCc1nc2c(N)nc3cc(Br)ccc3c2n1Cc1ccc(CN(C(=O)[O-])C(C)(C)C)cc1. The van der Waals surface area contributed by atoms with E-state index in [1.165, 1.54) is 4.90 Å². The van der Waals surface area contributed by atoms with E-state index in [2.05, 4.69) is 25.5 Å². The summed E-state index contributed by atoms with van der Waals surface area (Å²) in [6, 6.07) is 13.8. The van der Waals surface area contributed by atoms with E-state index in [4.69, 9.17) is 15.5 Å². The van der Waals surface area contributed by atoms with E-state index in [0.717, 1.165) is 37.8 Å². The monoisotopic (exact) mass is 538 g/mol. The number of imidazole rings is 1. The highest BCUT2D eigenvalue weighted by molar-refractivity contribution is 9.10. The van der Waals surface area contributed by atoms with Crippen LogP contribution in [0, 0.1) is 0 Å². The molecule has 0 aliphatic rings. The molecule has 4 rings (SSSR count). The van der Waals surface area contributed by atoms with Gasteiger partial charge in [0.1, 0.15) is 24.0 Å². The lowest BCUT2D eigenvalue weighted by Crippen LogP contribution is -2.50. The summed E-state index contributed by atoms with van der Waals surface area (Å²) in [6.45, 7) is 9.24. The number of nitrogens with zero attached hydrogens (tertiary/aromatic N) is 4. The molecule has 0 unspecified atom stereocenters. The van der Waals surface area contributed by atoms with E-state index in [1.807, 2.05) is 70.2 Å². The van der Waals surface area contributed by atoms with Gasteiger partial charge in [-0.3, -0.25) is 0 Å². The molecule has 8 nitrogen and oxygen atoms in total. The van der Waals surface area contributed by atoms with Crippen molar-refractivity contribution >= 4 is 49.8 Å². The molecule has 0 radical (unpaired) electrons. The van der Waals surface area contributed by atoms with Crippen LogP contribution in [0.15, 0.2) is 46.9 Å². The standard InChI is InChI=1S/C26H30BrN5O3/c1-5-35-15-21-30-22-23(19-11-10-18(27)12-20(19)29-24(22)28)31(21)13-16-6-8-17(9-7-16)14-32(25(33)34)26(2,3)4/h6-12H,5,13-15H2,1-4H3,(H2,28,29)(H,33,34)/p-1. The third-order valence-corrected chi connectivity index (χ3v) is 6.41. The number of carbonyl (C=O) groups is 1. The number of carbonyl (C=O) groups excluding carboxylic acids is 1. The molecule has 35 heavy (non-hydrogen) atoms. The van der Waals surface area contributed by atoms with Crippen molar-refractivity contribution in [1.82, 2.24) is 19.4 Å². The Morgan fingerprint density at radius 1 is 1.14 bits per heavy atom. The quantitative estimate of drug-likeness (QED) is 0.372. The fourth-order valence-electron chi connectivity index (χ4n) is 4.10. The van der Waals surface area contributed by atoms with Crippen LogP contribution in [0.4, 0.5) is 10.6 Å². The zero-order valence-electron chi connectivity index (χ0n) is 20.3. The minimum atomic E-state index is -1.18. The van der Waals surface area contributed by atoms with Gasteiger partial charge in [-0.15, -0.1) is 0 Å². The molecule has 4 aromatic rings. The predicted octanol–water partition coefficient (Wildman–Crippen LogP) is 4.46. The number of ether oxygens (including phenoxy) is 1. The zero-order valence-corrected chi connectivity index (χ0v) is 21.9. The molecule has 0 saturated heterocycles. The largest absolute Gasteiger partial charge is 0.530 e. The number of anilines is 1. The average Bonchev–Trinajstić information content (AvgIpc) is 3.14. The van der Waals surface area contributed by atoms with Crippen molar-refractivity contribution < 1.29 is 14.6 Å². The number of fused-ring (bicyclic) bond motifs is 3. The molecule has 2 heterocycles. The second kappa shape index (κ2) is 9.83. The molecule has 0 aliphatic heterocycles. The van der Waals surface area contributed by atoms with Crippen molar-refractivity contribution in [2.75, 3.05) is 12.3 Å². The van der Waals surface area contributed by atoms with Crippen molar-refractivity contribution in [3.05, 3.63) is 63.9 Å². The van der Waals surface area contributed by atoms with E-state index < -0.39 is 11.6 Å². The number of benzene rings is 2. The summed E-state index contributed by atoms with van der Waals surface area (Å²) in [6.07, 6.45) is -1.18. The lowest BCUT2D eigenvalue weighted by atomic mass is 10.0. The van der Waals surface area contributed by atoms with Gasteiger partial charge in [-0.2, -0.15) is 0 Å². The fourth-order valence-corrected chi connectivity index (χ4v) is 4.44. The van der Waals surface area contributed by atoms with Gasteiger partial charge < -0.3 is 29.8 Å². The van der Waals surface area contributed by atoms with Gasteiger partial charge in [-0.25, -0.2) is 9.97 Å². The molecular weight excluding hydrogens is 510 g/mol. The molecule has 0 aliphatic carbocycles. The molecule has 0 spiro atoms. The number of aromatic nitrogens is 3. The molecule has 2 aromatic heterocycles. The van der Waals surface area contributed by atoms with Crippen LogP contribution in [0.25, 0.3) is 21.9 Å². The number of hydrogen-bond acceptors (Lipinski definition) is 6. The molecule has 0 bridgehead atoms. The number of pyridine rings is 1. The molecule has 0 fully saturated rings. The van der Waals surface area contributed by atoms with Crippen LogP contribution >= 0.6 is 15.9 Å². The number of rotatable bonds is 7. The molecule has 1 amide bonds. The molecule has 184 valence electrons. The van der Waals surface area contributed by atoms with Gasteiger partial charge in [0.05, 0.1) is 11.0 Å². The van der Waals surface area contributed by atoms with Crippen molar-refractivity contribution in [1.29, 1.82) is 0 Å². The predicted molar refractivity (Wildman–Crippen MR) is 139 cm³/mol. The van der Waals surface area contributed by atoms with E-state index in [9.17, 15) is 9.90 Å². The number of hydrogen-bond donors (Lipinski definition) is 1. The second-order valence-corrected chi connectivity index (χ2v) is 10.4. The fraction of sp³-hybridized carbons (Fsp3) is 0.346. The van der Waals surface area contributed by atoms with E-state index in [-0.39, 0.29) is 6.54 Å². The Kier molecular flexibility index (Phi) is 7.00. The Labute approximate surface area is 212 Å². The summed E-state index contributed by atoms with van der Waals surface area (Å²) in [5, 5.41) is 12.6. The minimum absolute atomic E-state index is 0.261. The highest BCUT2D eigenvalue weighted by Crippen LogP contribution is 2.31. The summed E-state index contributed by atoms with van der Waals surface area (Å²) in [7, 11) is 0. The lowest BCUT2D eigenvalue weighted by molar-refractivity contribution is -0.271. The van der Waals surface area contributed by atoms with Crippen molar-refractivity contribution in [3.8, 4) is 0 Å². The van der Waals surface area contributed by atoms with Crippen LogP contribution < -0.4 is 10.8 Å². The third-order valence-electron chi connectivity index (χ3n) is 5.91. The number of amides is 1. The summed E-state index contributed by atoms with van der Waals surface area (Å²) < 4.78 is 8.74. The maximum absolute atomic E-state index is 11.6. The molecule has 2 N–H and O–H groups in total. The number of nitrogen functional groups attached to an aromatic ring is 1. The molecule has 0 saturated carbocycles. The minimum Gasteiger partial charge on any atom is -0.530 e. The number of halogens is 1. The molecular formula is C26H29BrN5O3-. The number of carboxylic acid groups (broad SMARTS) is 1. The Bertz CT molecular complexity index is 1380. The van der Waals surface area contributed by atoms with Crippen LogP contribution in [-0.4, -0.2) is 37.7 Å². The lowest BCUT2D eigenvalue weighted by Gasteiger charge is -2.38. The highest BCUT2D eigenvalue weighted by atomic mass is 79.9. The molecule has 0 atom stereocenters. The van der Waals surface area contributed by atoms with Crippen LogP contribution in [-0.2, 0) is 24.4 Å². The Balaban J connectivity index is 1.74. The summed E-state index contributed by atoms with van der Waals surface area (Å²) >= 11 is 3.51. The van der Waals surface area contributed by atoms with Crippen LogP contribution in [0.5, 0.6) is 0 Å². The molecule has 2 aromatic carbocycles. The van der Waals surface area contributed by atoms with Crippen LogP contribution in [0.3, 0.4) is 0 Å². The van der Waals surface area contributed by atoms with E-state index in [0.29, 0.717) is 31.1 Å². The zero-order chi connectivity index (χ0) is 25.3. The van der Waals surface area contributed by atoms with Crippen molar-refractivity contribution in [2.45, 2.75) is 52.9 Å².